The Morgan fingerprint density at radius 2 is 1.82 bits per heavy atom. The Bertz CT molecular complexity index is 834. The summed E-state index contributed by atoms with van der Waals surface area (Å²) in [5.41, 5.74) is 0.814. The molecule has 182 valence electrons. The monoisotopic (exact) mass is 459 g/mol. The zero-order valence-electron chi connectivity index (χ0n) is 20.3. The molecule has 1 fully saturated rings. The molecule has 1 saturated heterocycles. The maximum Gasteiger partial charge on any atom is 0.329 e. The number of methoxy groups -OCH3 is 1. The van der Waals surface area contributed by atoms with Gasteiger partial charge in [0.05, 0.1) is 13.0 Å². The van der Waals surface area contributed by atoms with E-state index in [4.69, 9.17) is 4.74 Å². The lowest BCUT2D eigenvalue weighted by Gasteiger charge is -2.29. The second-order valence-corrected chi connectivity index (χ2v) is 9.80. The first-order chi connectivity index (χ1) is 15.6. The van der Waals surface area contributed by atoms with Crippen molar-refractivity contribution in [2.24, 2.45) is 11.3 Å². The lowest BCUT2D eigenvalue weighted by Crippen LogP contribution is -2.55. The van der Waals surface area contributed by atoms with E-state index in [-0.39, 0.29) is 29.6 Å². The largest absolute Gasteiger partial charge is 0.467 e. The van der Waals surface area contributed by atoms with E-state index in [1.807, 2.05) is 58.0 Å². The number of benzene rings is 1. The lowest BCUT2D eigenvalue weighted by molar-refractivity contribution is -0.148. The van der Waals surface area contributed by atoms with Crippen molar-refractivity contribution in [3.63, 3.8) is 0 Å². The average molecular weight is 460 g/mol. The third-order valence-electron chi connectivity index (χ3n) is 5.91. The number of rotatable bonds is 10. The van der Waals surface area contributed by atoms with E-state index < -0.39 is 29.9 Å². The first-order valence-corrected chi connectivity index (χ1v) is 11.6. The summed E-state index contributed by atoms with van der Waals surface area (Å²) in [5, 5.41) is 8.22. The number of hydrogen-bond donors (Lipinski definition) is 3. The molecule has 0 bridgehead atoms. The van der Waals surface area contributed by atoms with Gasteiger partial charge in [0.2, 0.25) is 17.7 Å². The second-order valence-electron chi connectivity index (χ2n) is 9.80. The second kappa shape index (κ2) is 11.8. The molecule has 3 amide bonds. The Balaban J connectivity index is 2.14. The van der Waals surface area contributed by atoms with Gasteiger partial charge in [0.25, 0.3) is 0 Å². The fraction of sp³-hybridized carbons (Fsp3) is 0.600. The molecule has 1 aromatic rings. The Morgan fingerprint density at radius 3 is 2.33 bits per heavy atom. The van der Waals surface area contributed by atoms with E-state index in [0.29, 0.717) is 19.4 Å². The summed E-state index contributed by atoms with van der Waals surface area (Å²) in [5.74, 6) is -2.37. The molecule has 0 saturated carbocycles. The SMILES string of the molecule is CCC(CC(=O)N[C@@H](CC(C)(C)C)C(=O)N[C@H](C(=O)OC)[C@@H]1CCNC1=O)c1ccccc1. The van der Waals surface area contributed by atoms with Crippen molar-refractivity contribution in [2.45, 2.75) is 71.4 Å². The molecule has 1 heterocycles. The Labute approximate surface area is 196 Å². The molecule has 8 nitrogen and oxygen atoms in total. The van der Waals surface area contributed by atoms with E-state index in [1.165, 1.54) is 7.11 Å². The van der Waals surface area contributed by atoms with Crippen molar-refractivity contribution in [3.8, 4) is 0 Å². The van der Waals surface area contributed by atoms with Crippen molar-refractivity contribution >= 4 is 23.7 Å². The summed E-state index contributed by atoms with van der Waals surface area (Å²) in [7, 11) is 1.22. The molecule has 2 rings (SSSR count). The van der Waals surface area contributed by atoms with Crippen LogP contribution < -0.4 is 16.0 Å². The number of hydrogen-bond acceptors (Lipinski definition) is 5. The topological polar surface area (TPSA) is 114 Å². The van der Waals surface area contributed by atoms with Crippen molar-refractivity contribution in [3.05, 3.63) is 35.9 Å². The van der Waals surface area contributed by atoms with Crippen LogP contribution in [0.25, 0.3) is 0 Å². The van der Waals surface area contributed by atoms with Gasteiger partial charge >= 0.3 is 5.97 Å². The minimum absolute atomic E-state index is 0.0366. The van der Waals surface area contributed by atoms with Crippen molar-refractivity contribution in [1.29, 1.82) is 0 Å². The Hall–Kier alpha value is -2.90. The highest BCUT2D eigenvalue weighted by atomic mass is 16.5. The van der Waals surface area contributed by atoms with E-state index in [0.717, 1.165) is 12.0 Å². The van der Waals surface area contributed by atoms with Gasteiger partial charge in [0.15, 0.2) is 0 Å². The van der Waals surface area contributed by atoms with Crippen LogP contribution in [0.4, 0.5) is 0 Å². The fourth-order valence-electron chi connectivity index (χ4n) is 4.16. The van der Waals surface area contributed by atoms with Crippen LogP contribution in [0.15, 0.2) is 30.3 Å². The minimum Gasteiger partial charge on any atom is -0.467 e. The van der Waals surface area contributed by atoms with E-state index in [9.17, 15) is 19.2 Å². The highest BCUT2D eigenvalue weighted by molar-refractivity contribution is 5.94. The summed E-state index contributed by atoms with van der Waals surface area (Å²) in [4.78, 5) is 50.6. The van der Waals surface area contributed by atoms with Crippen molar-refractivity contribution < 1.29 is 23.9 Å². The van der Waals surface area contributed by atoms with Crippen LogP contribution >= 0.6 is 0 Å². The van der Waals surface area contributed by atoms with E-state index >= 15 is 0 Å². The van der Waals surface area contributed by atoms with Crippen LogP contribution in [0.3, 0.4) is 0 Å². The predicted octanol–water partition coefficient (Wildman–Crippen LogP) is 2.29. The standard InChI is InChI=1S/C25H37N3O5/c1-6-16(17-10-8-7-9-11-17)14-20(29)27-19(15-25(2,3)4)23(31)28-21(24(32)33-5)18-12-13-26-22(18)30/h7-11,16,18-19,21H,6,12-15H2,1-5H3,(H,26,30)(H,27,29)(H,28,31)/t16?,18-,19-,21-/m0/s1. The quantitative estimate of drug-likeness (QED) is 0.465. The smallest absolute Gasteiger partial charge is 0.329 e. The molecule has 1 unspecified atom stereocenters. The van der Waals surface area contributed by atoms with Gasteiger partial charge < -0.3 is 20.7 Å². The minimum atomic E-state index is -1.10. The number of carbonyl (C=O) groups excluding carboxylic acids is 4. The molecule has 4 atom stereocenters. The highest BCUT2D eigenvalue weighted by Gasteiger charge is 2.40. The van der Waals surface area contributed by atoms with Crippen molar-refractivity contribution in [1.82, 2.24) is 16.0 Å². The number of ether oxygens (including phenoxy) is 1. The number of nitrogens with one attached hydrogen (secondary N) is 3. The van der Waals surface area contributed by atoms with Gasteiger partial charge in [-0.15, -0.1) is 0 Å². The molecule has 0 aliphatic carbocycles. The molecule has 1 aliphatic rings. The van der Waals surface area contributed by atoms with E-state index in [1.54, 1.807) is 0 Å². The van der Waals surface area contributed by atoms with Gasteiger partial charge in [0.1, 0.15) is 12.1 Å². The summed E-state index contributed by atoms with van der Waals surface area (Å²) in [6.07, 6.45) is 1.83. The van der Waals surface area contributed by atoms with Gasteiger partial charge in [-0.25, -0.2) is 4.79 Å². The molecule has 33 heavy (non-hydrogen) atoms. The normalized spacial score (nSPS) is 18.6. The molecular formula is C25H37N3O5. The van der Waals surface area contributed by atoms with Gasteiger partial charge in [-0.1, -0.05) is 58.0 Å². The number of amides is 3. The van der Waals surface area contributed by atoms with E-state index in [2.05, 4.69) is 16.0 Å². The molecule has 3 N–H and O–H groups in total. The van der Waals surface area contributed by atoms with Crippen LogP contribution in [-0.2, 0) is 23.9 Å². The summed E-state index contributed by atoms with van der Waals surface area (Å²) >= 11 is 0. The van der Waals surface area contributed by atoms with Gasteiger partial charge in [0, 0.05) is 13.0 Å². The average Bonchev–Trinajstić information content (AvgIpc) is 3.19. The maximum atomic E-state index is 13.2. The van der Waals surface area contributed by atoms with Crippen molar-refractivity contribution in [2.75, 3.05) is 13.7 Å². The summed E-state index contributed by atoms with van der Waals surface area (Å²) < 4.78 is 4.83. The van der Waals surface area contributed by atoms with Gasteiger partial charge in [-0.2, -0.15) is 0 Å². The molecule has 1 aromatic carbocycles. The summed E-state index contributed by atoms with van der Waals surface area (Å²) in [6.45, 7) is 8.38. The van der Waals surface area contributed by atoms with Crippen LogP contribution in [-0.4, -0.2) is 49.4 Å². The van der Waals surface area contributed by atoms with Crippen LogP contribution in [0.1, 0.15) is 64.9 Å². The zero-order valence-corrected chi connectivity index (χ0v) is 20.3. The van der Waals surface area contributed by atoms with Gasteiger partial charge in [-0.05, 0) is 36.2 Å². The molecular weight excluding hydrogens is 422 g/mol. The maximum absolute atomic E-state index is 13.2. The third kappa shape index (κ3) is 7.87. The predicted molar refractivity (Wildman–Crippen MR) is 125 cm³/mol. The van der Waals surface area contributed by atoms with Gasteiger partial charge in [-0.3, -0.25) is 14.4 Å². The Kier molecular flexibility index (Phi) is 9.44. The van der Waals surface area contributed by atoms with Crippen LogP contribution in [0.2, 0.25) is 0 Å². The van der Waals surface area contributed by atoms with Crippen LogP contribution in [0.5, 0.6) is 0 Å². The molecule has 0 spiro atoms. The molecule has 8 heteroatoms. The fourth-order valence-corrected chi connectivity index (χ4v) is 4.16. The molecule has 1 aliphatic heterocycles. The van der Waals surface area contributed by atoms with Crippen LogP contribution in [0, 0.1) is 11.3 Å². The zero-order chi connectivity index (χ0) is 24.6. The molecule has 0 radical (unpaired) electrons. The first-order valence-electron chi connectivity index (χ1n) is 11.6. The summed E-state index contributed by atoms with van der Waals surface area (Å²) in [6, 6.07) is 7.86. The highest BCUT2D eigenvalue weighted by Crippen LogP contribution is 2.25. The molecule has 0 aromatic heterocycles. The third-order valence-corrected chi connectivity index (χ3v) is 5.91. The number of esters is 1. The Morgan fingerprint density at radius 1 is 1.15 bits per heavy atom. The first kappa shape index (κ1) is 26.4. The number of carbonyl (C=O) groups is 4. The lowest BCUT2D eigenvalue weighted by atomic mass is 9.87.